The first kappa shape index (κ1) is 55.5. The number of aliphatic hydroxyl groups is 2. The fraction of sp³-hybridized carbons (Fsp3) is 0.870. The minimum atomic E-state index is -4.62. The number of phosphoric acid groups is 1. The van der Waals surface area contributed by atoms with Gasteiger partial charge in [0.2, 0.25) is 0 Å². The summed E-state index contributed by atoms with van der Waals surface area (Å²) >= 11 is 0. The Labute approximate surface area is 348 Å². The maximum Gasteiger partial charge on any atom is 0.472 e. The number of carbonyl (C=O) groups excluding carboxylic acids is 2. The number of aliphatic hydroxyl groups excluding tert-OH is 2. The van der Waals surface area contributed by atoms with E-state index in [1.807, 2.05) is 0 Å². The van der Waals surface area contributed by atoms with Gasteiger partial charge in [-0.1, -0.05) is 186 Å². The SMILES string of the molecule is CCCCC/C=C/C/C=C/CCCCCCCCCC(=O)O[C@H](COC(=O)CCCCCCCCCCCCCCCCCCC)COP(=O)(O)OC[C@@H](O)CO. The van der Waals surface area contributed by atoms with Gasteiger partial charge in [-0.2, -0.15) is 0 Å². The number of rotatable bonds is 44. The molecule has 3 atom stereocenters. The van der Waals surface area contributed by atoms with Gasteiger partial charge >= 0.3 is 19.8 Å². The number of unbranched alkanes of at least 4 members (excludes halogenated alkanes) is 26. The molecule has 0 amide bonds. The third-order valence-electron chi connectivity index (χ3n) is 10.1. The lowest BCUT2D eigenvalue weighted by Crippen LogP contribution is -2.29. The van der Waals surface area contributed by atoms with E-state index in [2.05, 4.69) is 38.2 Å². The fourth-order valence-corrected chi connectivity index (χ4v) is 7.28. The molecule has 0 aliphatic heterocycles. The topological polar surface area (TPSA) is 149 Å². The molecule has 0 saturated carbocycles. The first-order valence-electron chi connectivity index (χ1n) is 23.3. The van der Waals surface area contributed by atoms with Gasteiger partial charge in [-0.05, 0) is 44.9 Å². The zero-order valence-corrected chi connectivity index (χ0v) is 37.5. The standard InChI is InChI=1S/C46H87O10P/c1-3-5-7-9-11-13-15-17-19-21-23-25-27-29-31-33-35-37-45(49)53-41-44(42-55-57(51,52)54-40-43(48)39-47)56-46(50)38-36-34-32-30-28-26-24-22-20-18-16-14-12-10-8-6-4-2/h12,14,18,20,43-44,47-48H,3-11,13,15-17,19,21-42H2,1-2H3,(H,51,52)/b14-12+,20-18+/t43-,44+/m0/s1. The van der Waals surface area contributed by atoms with Crippen LogP contribution in [0.1, 0.15) is 219 Å². The molecule has 0 aromatic rings. The van der Waals surface area contributed by atoms with Crippen LogP contribution in [0.3, 0.4) is 0 Å². The van der Waals surface area contributed by atoms with Gasteiger partial charge < -0.3 is 24.6 Å². The Morgan fingerprint density at radius 1 is 0.526 bits per heavy atom. The summed E-state index contributed by atoms with van der Waals surface area (Å²) in [6.07, 6.45) is 42.8. The Balaban J connectivity index is 4.24. The van der Waals surface area contributed by atoms with Crippen molar-refractivity contribution in [3.05, 3.63) is 24.3 Å². The summed E-state index contributed by atoms with van der Waals surface area (Å²) in [5.74, 6) is -0.923. The van der Waals surface area contributed by atoms with E-state index in [0.717, 1.165) is 51.4 Å². The molecule has 0 aromatic carbocycles. The predicted octanol–water partition coefficient (Wildman–Crippen LogP) is 12.6. The van der Waals surface area contributed by atoms with E-state index >= 15 is 0 Å². The molecule has 0 aliphatic rings. The molecule has 336 valence electrons. The summed E-state index contributed by atoms with van der Waals surface area (Å²) in [6.45, 7) is 2.38. The lowest BCUT2D eigenvalue weighted by molar-refractivity contribution is -0.161. The van der Waals surface area contributed by atoms with Crippen molar-refractivity contribution in [1.29, 1.82) is 0 Å². The highest BCUT2D eigenvalue weighted by Crippen LogP contribution is 2.43. The Bertz CT molecular complexity index is 1000. The van der Waals surface area contributed by atoms with Gasteiger partial charge in [0.1, 0.15) is 12.7 Å². The van der Waals surface area contributed by atoms with E-state index in [1.165, 1.54) is 128 Å². The summed E-state index contributed by atoms with van der Waals surface area (Å²) in [6, 6.07) is 0. The van der Waals surface area contributed by atoms with Crippen LogP contribution in [-0.2, 0) is 32.7 Å². The molecule has 0 fully saturated rings. The molecule has 0 aromatic heterocycles. The van der Waals surface area contributed by atoms with Crippen LogP contribution in [0, 0.1) is 0 Å². The number of phosphoric ester groups is 1. The molecule has 0 radical (unpaired) electrons. The zero-order valence-electron chi connectivity index (χ0n) is 36.6. The molecule has 0 heterocycles. The maximum atomic E-state index is 12.6. The number of ether oxygens (including phenoxy) is 2. The Morgan fingerprint density at radius 3 is 1.39 bits per heavy atom. The van der Waals surface area contributed by atoms with Crippen molar-refractivity contribution < 1.29 is 47.8 Å². The normalized spacial score (nSPS) is 14.0. The second-order valence-corrected chi connectivity index (χ2v) is 17.2. The number of hydrogen-bond acceptors (Lipinski definition) is 9. The monoisotopic (exact) mass is 831 g/mol. The molecule has 0 spiro atoms. The summed E-state index contributed by atoms with van der Waals surface area (Å²) in [5, 5.41) is 18.4. The smallest absolute Gasteiger partial charge is 0.462 e. The second-order valence-electron chi connectivity index (χ2n) is 15.8. The Kier molecular flexibility index (Phi) is 41.4. The molecule has 0 saturated heterocycles. The number of hydrogen-bond donors (Lipinski definition) is 3. The largest absolute Gasteiger partial charge is 0.472 e. The minimum Gasteiger partial charge on any atom is -0.462 e. The first-order valence-corrected chi connectivity index (χ1v) is 24.8. The molecule has 10 nitrogen and oxygen atoms in total. The molecule has 0 aliphatic carbocycles. The van der Waals surface area contributed by atoms with Crippen LogP contribution in [0.4, 0.5) is 0 Å². The van der Waals surface area contributed by atoms with Crippen molar-refractivity contribution in [3.8, 4) is 0 Å². The summed E-state index contributed by atoms with van der Waals surface area (Å²) < 4.78 is 32.8. The highest BCUT2D eigenvalue weighted by molar-refractivity contribution is 7.47. The average molecular weight is 831 g/mol. The Hall–Kier alpha value is -1.55. The first-order chi connectivity index (χ1) is 27.7. The summed E-state index contributed by atoms with van der Waals surface area (Å²) in [7, 11) is -4.62. The maximum absolute atomic E-state index is 12.6. The van der Waals surface area contributed by atoms with E-state index in [-0.39, 0.29) is 19.4 Å². The molecule has 57 heavy (non-hydrogen) atoms. The van der Waals surface area contributed by atoms with Crippen molar-refractivity contribution in [2.24, 2.45) is 0 Å². The number of carbonyl (C=O) groups is 2. The summed E-state index contributed by atoms with van der Waals surface area (Å²) in [5.41, 5.74) is 0. The summed E-state index contributed by atoms with van der Waals surface area (Å²) in [4.78, 5) is 35.1. The molecule has 0 rings (SSSR count). The molecule has 1 unspecified atom stereocenters. The second kappa shape index (κ2) is 42.6. The van der Waals surface area contributed by atoms with Crippen LogP contribution in [-0.4, -0.2) is 65.7 Å². The lowest BCUT2D eigenvalue weighted by Gasteiger charge is -2.20. The number of allylic oxidation sites excluding steroid dienone is 4. The van der Waals surface area contributed by atoms with Crippen molar-refractivity contribution in [3.63, 3.8) is 0 Å². The highest BCUT2D eigenvalue weighted by atomic mass is 31.2. The Morgan fingerprint density at radius 2 is 0.912 bits per heavy atom. The lowest BCUT2D eigenvalue weighted by atomic mass is 10.0. The number of esters is 2. The van der Waals surface area contributed by atoms with Crippen LogP contribution in [0.25, 0.3) is 0 Å². The van der Waals surface area contributed by atoms with Crippen molar-refractivity contribution in [2.45, 2.75) is 232 Å². The molecule has 0 bridgehead atoms. The van der Waals surface area contributed by atoms with Crippen LogP contribution < -0.4 is 0 Å². The third kappa shape index (κ3) is 42.4. The van der Waals surface area contributed by atoms with E-state index in [0.29, 0.717) is 12.8 Å². The van der Waals surface area contributed by atoms with E-state index < -0.39 is 51.8 Å². The fourth-order valence-electron chi connectivity index (χ4n) is 6.50. The molecular weight excluding hydrogens is 743 g/mol. The van der Waals surface area contributed by atoms with Crippen LogP contribution in [0.5, 0.6) is 0 Å². The molecular formula is C46H87O10P. The minimum absolute atomic E-state index is 0.178. The third-order valence-corrected chi connectivity index (χ3v) is 11.1. The van der Waals surface area contributed by atoms with Crippen LogP contribution >= 0.6 is 7.82 Å². The van der Waals surface area contributed by atoms with Crippen molar-refractivity contribution in [2.75, 3.05) is 26.4 Å². The van der Waals surface area contributed by atoms with Gasteiger partial charge in [-0.15, -0.1) is 0 Å². The van der Waals surface area contributed by atoms with Crippen molar-refractivity contribution in [1.82, 2.24) is 0 Å². The van der Waals surface area contributed by atoms with E-state index in [9.17, 15) is 24.2 Å². The van der Waals surface area contributed by atoms with Gasteiger partial charge in [0.25, 0.3) is 0 Å². The van der Waals surface area contributed by atoms with Gasteiger partial charge in [-0.25, -0.2) is 4.57 Å². The van der Waals surface area contributed by atoms with Gasteiger partial charge in [0.15, 0.2) is 6.10 Å². The molecule has 3 N–H and O–H groups in total. The molecule has 11 heteroatoms. The van der Waals surface area contributed by atoms with Crippen LogP contribution in [0.15, 0.2) is 24.3 Å². The van der Waals surface area contributed by atoms with Crippen molar-refractivity contribution >= 4 is 19.8 Å². The quantitative estimate of drug-likeness (QED) is 0.0234. The van der Waals surface area contributed by atoms with E-state index in [4.69, 9.17) is 23.6 Å². The average Bonchev–Trinajstić information content (AvgIpc) is 3.20. The zero-order chi connectivity index (χ0) is 41.9. The van der Waals surface area contributed by atoms with Gasteiger partial charge in [-0.3, -0.25) is 18.6 Å². The predicted molar refractivity (Wildman–Crippen MR) is 233 cm³/mol. The van der Waals surface area contributed by atoms with E-state index in [1.54, 1.807) is 0 Å². The van der Waals surface area contributed by atoms with Gasteiger partial charge in [0, 0.05) is 12.8 Å². The highest BCUT2D eigenvalue weighted by Gasteiger charge is 2.27. The van der Waals surface area contributed by atoms with Crippen LogP contribution in [0.2, 0.25) is 0 Å². The van der Waals surface area contributed by atoms with Gasteiger partial charge in [0.05, 0.1) is 19.8 Å².